The first-order chi connectivity index (χ1) is 16.9. The third-order valence-electron chi connectivity index (χ3n) is 5.70. The minimum Gasteiger partial charge on any atom is -0.491 e. The summed E-state index contributed by atoms with van der Waals surface area (Å²) in [5, 5.41) is 11.8. The van der Waals surface area contributed by atoms with Crippen LogP contribution in [-0.2, 0) is 21.7 Å². The number of hydrogen-bond donors (Lipinski definition) is 1. The normalized spacial score (nSPS) is 17.8. The molecule has 1 aliphatic heterocycles. The Morgan fingerprint density at radius 3 is 2.51 bits per heavy atom. The maximum Gasteiger partial charge on any atom is 0.342 e. The summed E-state index contributed by atoms with van der Waals surface area (Å²) in [5.74, 6) is -1.45. The van der Waals surface area contributed by atoms with Gasteiger partial charge in [-0.1, -0.05) is 12.1 Å². The number of cyclic esters (lactones) is 1. The lowest BCUT2D eigenvalue weighted by atomic mass is 9.88. The molecule has 0 saturated heterocycles. The Morgan fingerprint density at radius 2 is 1.83 bits per heavy atom. The lowest BCUT2D eigenvalue weighted by Gasteiger charge is -2.26. The van der Waals surface area contributed by atoms with Crippen LogP contribution in [0.1, 0.15) is 30.5 Å². The number of aliphatic hydroxyl groups is 1. The van der Waals surface area contributed by atoms with Crippen molar-refractivity contribution in [1.29, 1.82) is 0 Å². The average Bonchev–Trinajstić information content (AvgIpc) is 3.41. The van der Waals surface area contributed by atoms with Crippen LogP contribution >= 0.6 is 11.7 Å². The van der Waals surface area contributed by atoms with Crippen LogP contribution in [0.15, 0.2) is 66.4 Å². The number of pyridine rings is 1. The van der Waals surface area contributed by atoms with E-state index < -0.39 is 11.8 Å². The van der Waals surface area contributed by atoms with Crippen molar-refractivity contribution >= 4 is 34.3 Å². The second kappa shape index (κ2) is 9.09. The highest BCUT2D eigenvalue weighted by Crippen LogP contribution is 2.45. The van der Waals surface area contributed by atoms with E-state index in [1.54, 1.807) is 61.8 Å². The second-order valence-electron chi connectivity index (χ2n) is 8.43. The van der Waals surface area contributed by atoms with Crippen molar-refractivity contribution in [2.24, 2.45) is 0 Å². The van der Waals surface area contributed by atoms with Crippen molar-refractivity contribution < 1.29 is 24.1 Å². The van der Waals surface area contributed by atoms with E-state index in [1.165, 1.54) is 0 Å². The monoisotopic (exact) mass is 489 g/mol. The summed E-state index contributed by atoms with van der Waals surface area (Å²) in [5.41, 5.74) is 3.92. The van der Waals surface area contributed by atoms with Crippen LogP contribution in [0.4, 0.5) is 0 Å². The molecule has 2 aromatic carbocycles. The van der Waals surface area contributed by atoms with Gasteiger partial charge in [-0.15, -0.1) is 0 Å². The van der Waals surface area contributed by atoms with Crippen molar-refractivity contribution in [3.63, 3.8) is 0 Å². The first kappa shape index (κ1) is 22.9. The fraction of sp³-hybridized carbons (Fsp3) is 0.231. The second-order valence-corrected chi connectivity index (χ2v) is 8.96. The molecule has 35 heavy (non-hydrogen) atoms. The highest BCUT2D eigenvalue weighted by molar-refractivity contribution is 7.00. The van der Waals surface area contributed by atoms with Crippen LogP contribution in [0.5, 0.6) is 11.6 Å². The van der Waals surface area contributed by atoms with Gasteiger partial charge in [-0.3, -0.25) is 0 Å². The molecule has 0 fully saturated rings. The van der Waals surface area contributed by atoms with Crippen molar-refractivity contribution in [3.8, 4) is 11.6 Å². The Bertz CT molecular complexity index is 1410. The Morgan fingerprint density at radius 1 is 1.06 bits per heavy atom. The number of carbonyl (C=O) groups excluding carboxylic acids is 1. The highest BCUT2D eigenvalue weighted by atomic mass is 32.1. The van der Waals surface area contributed by atoms with E-state index in [4.69, 9.17) is 14.2 Å². The van der Waals surface area contributed by atoms with Crippen LogP contribution in [-0.4, -0.2) is 38.0 Å². The predicted octanol–water partition coefficient (Wildman–Crippen LogP) is 4.28. The summed E-state index contributed by atoms with van der Waals surface area (Å²) in [6.45, 7) is 3.87. The minimum absolute atomic E-state index is 0.00741. The topological polar surface area (TPSA) is 104 Å². The maximum atomic E-state index is 13.2. The average molecular weight is 490 g/mol. The van der Waals surface area contributed by atoms with Crippen LogP contribution in [0.3, 0.4) is 0 Å². The largest absolute Gasteiger partial charge is 0.491 e. The summed E-state index contributed by atoms with van der Waals surface area (Å²) in [7, 11) is 1.54. The van der Waals surface area contributed by atoms with Gasteiger partial charge < -0.3 is 19.3 Å². The van der Waals surface area contributed by atoms with Gasteiger partial charge in [0.15, 0.2) is 0 Å². The van der Waals surface area contributed by atoms with Gasteiger partial charge in [0.25, 0.3) is 5.79 Å². The van der Waals surface area contributed by atoms with E-state index in [0.29, 0.717) is 39.4 Å². The molecule has 4 aromatic rings. The third-order valence-corrected chi connectivity index (χ3v) is 6.26. The van der Waals surface area contributed by atoms with Crippen LogP contribution < -0.4 is 9.47 Å². The molecule has 0 amide bonds. The molecule has 1 unspecified atom stereocenters. The first-order valence-electron chi connectivity index (χ1n) is 11.1. The fourth-order valence-corrected chi connectivity index (χ4v) is 4.60. The van der Waals surface area contributed by atoms with Crippen molar-refractivity contribution in [2.45, 2.75) is 32.2 Å². The number of fused-ring (bicyclic) bond motifs is 1. The van der Waals surface area contributed by atoms with Crippen molar-refractivity contribution in [3.05, 3.63) is 83.1 Å². The smallest absolute Gasteiger partial charge is 0.342 e. The van der Waals surface area contributed by atoms with Gasteiger partial charge in [0.1, 0.15) is 16.8 Å². The summed E-state index contributed by atoms with van der Waals surface area (Å²) in [4.78, 5) is 17.5. The van der Waals surface area contributed by atoms with Gasteiger partial charge in [0, 0.05) is 29.8 Å². The molecular weight excluding hydrogens is 466 g/mol. The van der Waals surface area contributed by atoms with Crippen molar-refractivity contribution in [2.75, 3.05) is 7.11 Å². The van der Waals surface area contributed by atoms with E-state index in [1.807, 2.05) is 19.9 Å². The quantitative estimate of drug-likeness (QED) is 0.384. The van der Waals surface area contributed by atoms with Gasteiger partial charge in [-0.2, -0.15) is 8.75 Å². The number of carbonyl (C=O) groups is 1. The molecule has 0 bridgehead atoms. The summed E-state index contributed by atoms with van der Waals surface area (Å²) < 4.78 is 25.1. The molecule has 178 valence electrons. The molecule has 8 nitrogen and oxygen atoms in total. The Labute approximate surface area is 206 Å². The first-order valence-corrected chi connectivity index (χ1v) is 11.8. The predicted molar refractivity (Wildman–Crippen MR) is 131 cm³/mol. The maximum absolute atomic E-state index is 13.2. The van der Waals surface area contributed by atoms with Crippen LogP contribution in [0.2, 0.25) is 0 Å². The molecular formula is C26H23N3O5S. The number of rotatable bonds is 7. The molecule has 9 heteroatoms. The number of benzene rings is 2. The van der Waals surface area contributed by atoms with E-state index in [2.05, 4.69) is 13.7 Å². The number of hydrogen-bond acceptors (Lipinski definition) is 9. The third kappa shape index (κ3) is 4.36. The molecule has 2 aromatic heterocycles. The highest BCUT2D eigenvalue weighted by Gasteiger charge is 2.48. The number of esters is 1. The van der Waals surface area contributed by atoms with Gasteiger partial charge in [0.2, 0.25) is 5.88 Å². The fourth-order valence-electron chi connectivity index (χ4n) is 4.08. The summed E-state index contributed by atoms with van der Waals surface area (Å²) in [6, 6.07) is 15.9. The molecule has 1 N–H and O–H groups in total. The Hall–Kier alpha value is -3.82. The van der Waals surface area contributed by atoms with Gasteiger partial charge in [0.05, 0.1) is 30.5 Å². The standard InChI is InChI=1S/C26H23N3O5S/c1-15(2)33-19-8-6-18(7-9-19)26(31)20(12-16-4-11-23(32-3)27-14-16)24(25(30)34-26)17-5-10-21-22(13-17)29-35-28-21/h4-11,13-15,31H,12H2,1-3H3. The van der Waals surface area contributed by atoms with Gasteiger partial charge >= 0.3 is 5.97 Å². The van der Waals surface area contributed by atoms with E-state index in [-0.39, 0.29) is 12.5 Å². The molecule has 0 radical (unpaired) electrons. The molecule has 0 saturated carbocycles. The summed E-state index contributed by atoms with van der Waals surface area (Å²) in [6.07, 6.45) is 1.89. The Balaban J connectivity index is 1.63. The number of nitrogens with zero attached hydrogens (tertiary/aromatic N) is 3. The van der Waals surface area contributed by atoms with Crippen LogP contribution in [0, 0.1) is 0 Å². The molecule has 0 spiro atoms. The van der Waals surface area contributed by atoms with Gasteiger partial charge in [-0.05, 0) is 61.4 Å². The molecule has 0 aliphatic carbocycles. The SMILES string of the molecule is COc1ccc(CC2=C(c3ccc4nsnc4c3)C(=O)OC2(O)c2ccc(OC(C)C)cc2)cn1. The molecule has 3 heterocycles. The number of aromatic nitrogens is 3. The molecule has 5 rings (SSSR count). The van der Waals surface area contributed by atoms with E-state index >= 15 is 0 Å². The molecule has 1 aliphatic rings. The van der Waals surface area contributed by atoms with E-state index in [9.17, 15) is 9.90 Å². The minimum atomic E-state index is -1.96. The zero-order valence-electron chi connectivity index (χ0n) is 19.4. The van der Waals surface area contributed by atoms with Gasteiger partial charge in [-0.25, -0.2) is 9.78 Å². The lowest BCUT2D eigenvalue weighted by molar-refractivity contribution is -0.185. The summed E-state index contributed by atoms with van der Waals surface area (Å²) >= 11 is 1.10. The number of methoxy groups -OCH3 is 1. The number of ether oxygens (including phenoxy) is 3. The Kier molecular flexibility index (Phi) is 5.96. The lowest BCUT2D eigenvalue weighted by Crippen LogP contribution is -2.29. The zero-order valence-corrected chi connectivity index (χ0v) is 20.2. The zero-order chi connectivity index (χ0) is 24.6. The van der Waals surface area contributed by atoms with E-state index in [0.717, 1.165) is 22.8 Å². The molecule has 1 atom stereocenters. The van der Waals surface area contributed by atoms with Crippen LogP contribution in [0.25, 0.3) is 16.6 Å². The van der Waals surface area contributed by atoms with Crippen molar-refractivity contribution in [1.82, 2.24) is 13.7 Å².